The Bertz CT molecular complexity index is 792. The second-order valence-electron chi connectivity index (χ2n) is 7.17. The number of hydrogen-bond donors (Lipinski definition) is 0. The number of benzene rings is 1. The van der Waals surface area contributed by atoms with E-state index >= 15 is 0 Å². The minimum Gasteiger partial charge on any atom is -0.497 e. The van der Waals surface area contributed by atoms with E-state index in [1.54, 1.807) is 7.11 Å². The van der Waals surface area contributed by atoms with E-state index in [9.17, 15) is 4.79 Å². The van der Waals surface area contributed by atoms with Gasteiger partial charge in [0.2, 0.25) is 5.91 Å². The fraction of sp³-hybridized carbons (Fsp3) is 0.500. The SMILES string of the molecule is CCOCc1cnc(C)nc1C1CCCN(C(=O)Cc2ccc(OC)cc2)C1. The number of aromatic nitrogens is 2. The Kier molecular flexibility index (Phi) is 6.98. The van der Waals surface area contributed by atoms with Gasteiger partial charge in [-0.25, -0.2) is 9.97 Å². The normalized spacial score (nSPS) is 16.8. The molecule has 0 spiro atoms. The molecule has 2 aromatic rings. The van der Waals surface area contributed by atoms with Crippen LogP contribution in [0.15, 0.2) is 30.5 Å². The van der Waals surface area contributed by atoms with Crippen LogP contribution in [0.5, 0.6) is 5.75 Å². The van der Waals surface area contributed by atoms with Crippen molar-refractivity contribution in [2.24, 2.45) is 0 Å². The Hall–Kier alpha value is -2.47. The smallest absolute Gasteiger partial charge is 0.227 e. The maximum Gasteiger partial charge on any atom is 0.227 e. The van der Waals surface area contributed by atoms with Crippen LogP contribution in [-0.4, -0.2) is 47.6 Å². The van der Waals surface area contributed by atoms with Crippen LogP contribution < -0.4 is 4.74 Å². The van der Waals surface area contributed by atoms with Crippen molar-refractivity contribution in [3.63, 3.8) is 0 Å². The Labute approximate surface area is 166 Å². The molecule has 1 atom stereocenters. The summed E-state index contributed by atoms with van der Waals surface area (Å²) in [6, 6.07) is 7.69. The highest BCUT2D eigenvalue weighted by molar-refractivity contribution is 5.79. The molecule has 1 fully saturated rings. The number of rotatable bonds is 7. The lowest BCUT2D eigenvalue weighted by Crippen LogP contribution is -2.40. The van der Waals surface area contributed by atoms with Gasteiger partial charge in [0.1, 0.15) is 11.6 Å². The van der Waals surface area contributed by atoms with Crippen molar-refractivity contribution < 1.29 is 14.3 Å². The second kappa shape index (κ2) is 9.64. The number of ether oxygens (including phenoxy) is 2. The lowest BCUT2D eigenvalue weighted by atomic mass is 9.91. The summed E-state index contributed by atoms with van der Waals surface area (Å²) < 4.78 is 10.8. The van der Waals surface area contributed by atoms with Gasteiger partial charge in [-0.2, -0.15) is 0 Å². The van der Waals surface area contributed by atoms with Crippen molar-refractivity contribution in [3.05, 3.63) is 53.1 Å². The monoisotopic (exact) mass is 383 g/mol. The zero-order valence-electron chi connectivity index (χ0n) is 17.0. The number of hydrogen-bond acceptors (Lipinski definition) is 5. The summed E-state index contributed by atoms with van der Waals surface area (Å²) in [7, 11) is 1.64. The predicted octanol–water partition coefficient (Wildman–Crippen LogP) is 3.28. The van der Waals surface area contributed by atoms with Crippen LogP contribution in [0.25, 0.3) is 0 Å². The number of aryl methyl sites for hydroxylation is 1. The molecule has 1 aromatic heterocycles. The molecule has 28 heavy (non-hydrogen) atoms. The highest BCUT2D eigenvalue weighted by Crippen LogP contribution is 2.28. The van der Waals surface area contributed by atoms with Gasteiger partial charge in [-0.05, 0) is 44.4 Å². The van der Waals surface area contributed by atoms with Crippen LogP contribution in [0.1, 0.15) is 48.3 Å². The van der Waals surface area contributed by atoms with E-state index in [1.165, 1.54) is 0 Å². The van der Waals surface area contributed by atoms with Crippen LogP contribution in [0.3, 0.4) is 0 Å². The Morgan fingerprint density at radius 1 is 1.29 bits per heavy atom. The number of piperidine rings is 1. The first-order valence-electron chi connectivity index (χ1n) is 9.91. The standard InChI is InChI=1S/C22H29N3O3/c1-4-28-15-19-13-23-16(2)24-22(19)18-6-5-11-25(14-18)21(26)12-17-7-9-20(27-3)10-8-17/h7-10,13,18H,4-6,11-12,14-15H2,1-3H3. The number of likely N-dealkylation sites (tertiary alicyclic amines) is 1. The molecule has 6 heteroatoms. The zero-order chi connectivity index (χ0) is 19.9. The Morgan fingerprint density at radius 3 is 2.79 bits per heavy atom. The van der Waals surface area contributed by atoms with Gasteiger partial charge in [0.15, 0.2) is 0 Å². The van der Waals surface area contributed by atoms with Gasteiger partial charge in [0, 0.05) is 37.4 Å². The quantitative estimate of drug-likeness (QED) is 0.734. The molecule has 6 nitrogen and oxygen atoms in total. The maximum atomic E-state index is 12.9. The molecule has 3 rings (SSSR count). The van der Waals surface area contributed by atoms with Crippen LogP contribution >= 0.6 is 0 Å². The summed E-state index contributed by atoms with van der Waals surface area (Å²) in [4.78, 5) is 23.9. The van der Waals surface area contributed by atoms with Crippen molar-refractivity contribution in [2.75, 3.05) is 26.8 Å². The number of methoxy groups -OCH3 is 1. The highest BCUT2D eigenvalue weighted by Gasteiger charge is 2.27. The summed E-state index contributed by atoms with van der Waals surface area (Å²) in [5.41, 5.74) is 3.06. The van der Waals surface area contributed by atoms with Crippen LogP contribution in [0, 0.1) is 6.92 Å². The van der Waals surface area contributed by atoms with Gasteiger partial charge < -0.3 is 14.4 Å². The first-order valence-corrected chi connectivity index (χ1v) is 9.91. The molecule has 0 saturated carbocycles. The molecule has 1 amide bonds. The molecule has 2 heterocycles. The molecule has 150 valence electrons. The largest absolute Gasteiger partial charge is 0.497 e. The Balaban J connectivity index is 1.69. The van der Waals surface area contributed by atoms with Crippen LogP contribution in [0.2, 0.25) is 0 Å². The van der Waals surface area contributed by atoms with Crippen molar-refractivity contribution in [1.29, 1.82) is 0 Å². The number of amides is 1. The van der Waals surface area contributed by atoms with Gasteiger partial charge in [-0.15, -0.1) is 0 Å². The summed E-state index contributed by atoms with van der Waals surface area (Å²) in [6.45, 7) is 6.56. The number of carbonyl (C=O) groups excluding carboxylic acids is 1. The van der Waals surface area contributed by atoms with Gasteiger partial charge in [0.05, 0.1) is 25.8 Å². The van der Waals surface area contributed by atoms with E-state index in [2.05, 4.69) is 4.98 Å². The molecule has 1 aromatic carbocycles. The van der Waals surface area contributed by atoms with Crippen LogP contribution in [0.4, 0.5) is 0 Å². The number of nitrogens with zero attached hydrogens (tertiary/aromatic N) is 3. The predicted molar refractivity (Wildman–Crippen MR) is 107 cm³/mol. The summed E-state index contributed by atoms with van der Waals surface area (Å²) in [6.07, 6.45) is 4.29. The van der Waals surface area contributed by atoms with Gasteiger partial charge >= 0.3 is 0 Å². The molecule has 0 bridgehead atoms. The fourth-order valence-electron chi connectivity index (χ4n) is 3.65. The fourth-order valence-corrected chi connectivity index (χ4v) is 3.65. The van der Waals surface area contributed by atoms with E-state index in [4.69, 9.17) is 14.5 Å². The summed E-state index contributed by atoms with van der Waals surface area (Å²) in [5.74, 6) is 1.95. The maximum absolute atomic E-state index is 12.9. The van der Waals surface area contributed by atoms with Gasteiger partial charge in [0.25, 0.3) is 0 Å². The molecule has 1 aliphatic heterocycles. The van der Waals surface area contributed by atoms with Gasteiger partial charge in [-0.3, -0.25) is 4.79 Å². The summed E-state index contributed by atoms with van der Waals surface area (Å²) in [5, 5.41) is 0. The molecule has 1 saturated heterocycles. The average molecular weight is 383 g/mol. The minimum atomic E-state index is 0.159. The molecular weight excluding hydrogens is 354 g/mol. The second-order valence-corrected chi connectivity index (χ2v) is 7.17. The van der Waals surface area contributed by atoms with Crippen molar-refractivity contribution in [1.82, 2.24) is 14.9 Å². The molecule has 1 unspecified atom stereocenters. The van der Waals surface area contributed by atoms with E-state index < -0.39 is 0 Å². The number of carbonyl (C=O) groups is 1. The van der Waals surface area contributed by atoms with E-state index in [1.807, 2.05) is 49.2 Å². The topological polar surface area (TPSA) is 64.6 Å². The van der Waals surface area contributed by atoms with Crippen molar-refractivity contribution in [3.8, 4) is 5.75 Å². The molecular formula is C22H29N3O3. The van der Waals surface area contributed by atoms with Gasteiger partial charge in [-0.1, -0.05) is 12.1 Å². The molecule has 1 aliphatic rings. The zero-order valence-corrected chi connectivity index (χ0v) is 17.0. The van der Waals surface area contributed by atoms with Crippen molar-refractivity contribution >= 4 is 5.91 Å². The van der Waals surface area contributed by atoms with E-state index in [0.29, 0.717) is 26.2 Å². The van der Waals surface area contributed by atoms with Crippen LogP contribution in [-0.2, 0) is 22.6 Å². The minimum absolute atomic E-state index is 0.159. The highest BCUT2D eigenvalue weighted by atomic mass is 16.5. The summed E-state index contributed by atoms with van der Waals surface area (Å²) >= 11 is 0. The Morgan fingerprint density at radius 2 is 2.07 bits per heavy atom. The third kappa shape index (κ3) is 5.07. The molecule has 0 N–H and O–H groups in total. The molecule has 0 aliphatic carbocycles. The lowest BCUT2D eigenvalue weighted by molar-refractivity contribution is -0.131. The lowest BCUT2D eigenvalue weighted by Gasteiger charge is -2.33. The first-order chi connectivity index (χ1) is 13.6. The van der Waals surface area contributed by atoms with E-state index in [0.717, 1.165) is 47.8 Å². The third-order valence-corrected chi connectivity index (χ3v) is 5.16. The van der Waals surface area contributed by atoms with Crippen molar-refractivity contribution in [2.45, 2.75) is 45.6 Å². The van der Waals surface area contributed by atoms with E-state index in [-0.39, 0.29) is 11.8 Å². The average Bonchev–Trinajstić information content (AvgIpc) is 2.73. The first kappa shape index (κ1) is 20.3. The third-order valence-electron chi connectivity index (χ3n) is 5.16. The molecule has 0 radical (unpaired) electrons.